The van der Waals surface area contributed by atoms with Crippen molar-refractivity contribution in [3.05, 3.63) is 107 Å². The van der Waals surface area contributed by atoms with Crippen LogP contribution in [0.4, 0.5) is 4.39 Å². The molecule has 1 aliphatic heterocycles. The summed E-state index contributed by atoms with van der Waals surface area (Å²) in [6.45, 7) is 0.407. The first-order valence-corrected chi connectivity index (χ1v) is 18.5. The molecule has 0 bridgehead atoms. The number of rotatable bonds is 7. The normalized spacial score (nSPS) is 18.9. The number of H-pyrrole nitrogens is 1. The molecule has 3 aromatic heterocycles. The van der Waals surface area contributed by atoms with Crippen LogP contribution in [0, 0.1) is 5.95 Å². The van der Waals surface area contributed by atoms with Gasteiger partial charge in [0, 0.05) is 73.6 Å². The van der Waals surface area contributed by atoms with E-state index < -0.39 is 41.8 Å². The van der Waals surface area contributed by atoms with Crippen molar-refractivity contribution in [3.8, 4) is 11.1 Å². The number of aromatic nitrogens is 3. The molecule has 0 aliphatic carbocycles. The van der Waals surface area contributed by atoms with Crippen LogP contribution in [-0.4, -0.2) is 75.8 Å². The molecule has 6 rings (SSSR count). The van der Waals surface area contributed by atoms with Crippen molar-refractivity contribution in [1.29, 1.82) is 0 Å². The monoisotopic (exact) mass is 757 g/mol. The minimum atomic E-state index is -1.11. The minimum Gasteiger partial charge on any atom is -0.361 e. The third kappa shape index (κ3) is 8.69. The van der Waals surface area contributed by atoms with E-state index in [0.717, 1.165) is 22.0 Å². The smallest absolute Gasteiger partial charge is 0.246 e. The lowest BCUT2D eigenvalue weighted by molar-refractivity contribution is -0.141. The van der Waals surface area contributed by atoms with Crippen LogP contribution in [0.2, 0.25) is 5.02 Å². The fourth-order valence-electron chi connectivity index (χ4n) is 6.45. The van der Waals surface area contributed by atoms with Gasteiger partial charge in [-0.15, -0.1) is 0 Å². The van der Waals surface area contributed by atoms with E-state index in [9.17, 15) is 18.8 Å². The summed E-state index contributed by atoms with van der Waals surface area (Å²) in [4.78, 5) is 55.9. The van der Waals surface area contributed by atoms with Crippen molar-refractivity contribution in [3.63, 3.8) is 0 Å². The van der Waals surface area contributed by atoms with Gasteiger partial charge < -0.3 is 37.3 Å². The van der Waals surface area contributed by atoms with Crippen LogP contribution in [0.3, 0.4) is 0 Å². The molecular formula is C38H41ClFN9O3S. The van der Waals surface area contributed by atoms with Gasteiger partial charge in [-0.3, -0.25) is 14.4 Å². The topological polar surface area (TPSA) is 184 Å². The number of fused-ring (bicyclic) bond motifs is 3. The molecule has 4 heterocycles. The van der Waals surface area contributed by atoms with Gasteiger partial charge in [0.2, 0.25) is 23.7 Å². The Labute approximate surface area is 315 Å². The van der Waals surface area contributed by atoms with Crippen molar-refractivity contribution < 1.29 is 18.8 Å². The van der Waals surface area contributed by atoms with Gasteiger partial charge in [0.05, 0.1) is 11.1 Å². The highest BCUT2D eigenvalue weighted by Crippen LogP contribution is 2.41. The quantitative estimate of drug-likeness (QED) is 0.134. The Hall–Kier alpha value is -4.86. The summed E-state index contributed by atoms with van der Waals surface area (Å²) in [6.07, 6.45) is 5.96. The second-order valence-corrected chi connectivity index (χ2v) is 14.2. The van der Waals surface area contributed by atoms with Gasteiger partial charge in [0.25, 0.3) is 0 Å². The summed E-state index contributed by atoms with van der Waals surface area (Å²) in [6, 6.07) is 15.0. The van der Waals surface area contributed by atoms with Crippen molar-refractivity contribution in [1.82, 2.24) is 35.8 Å². The zero-order valence-corrected chi connectivity index (χ0v) is 30.6. The average Bonchev–Trinajstić information content (AvgIpc) is 3.58. The predicted octanol–water partition coefficient (Wildman–Crippen LogP) is 3.91. The van der Waals surface area contributed by atoms with Crippen LogP contribution in [0.15, 0.2) is 89.2 Å². The van der Waals surface area contributed by atoms with E-state index in [1.54, 1.807) is 30.5 Å². The summed E-state index contributed by atoms with van der Waals surface area (Å²) in [5, 5.41) is 11.1. The SMILES string of the molecule is CN1C(=O)[C@H](CN)NC(=O)[C@H](CCCN)NCc2cccnc2Sc2c(Cl)ccc(-c3ccnc(F)c3)c2CNC(=O)[C@@H]1Cc1c[nH]c2ccccc12. The molecular weight excluding hydrogens is 717 g/mol. The first-order valence-electron chi connectivity index (χ1n) is 17.3. The molecule has 0 fully saturated rings. The maximum absolute atomic E-state index is 14.5. The van der Waals surface area contributed by atoms with Gasteiger partial charge >= 0.3 is 0 Å². The van der Waals surface area contributed by atoms with E-state index in [1.807, 2.05) is 36.5 Å². The molecule has 12 nitrogen and oxygen atoms in total. The maximum atomic E-state index is 14.5. The molecule has 3 atom stereocenters. The average molecular weight is 758 g/mol. The summed E-state index contributed by atoms with van der Waals surface area (Å²) < 4.78 is 14.5. The number of aromatic amines is 1. The van der Waals surface area contributed by atoms with Crippen LogP contribution >= 0.6 is 23.4 Å². The van der Waals surface area contributed by atoms with Crippen molar-refractivity contribution in [2.45, 2.75) is 60.4 Å². The summed E-state index contributed by atoms with van der Waals surface area (Å²) >= 11 is 8.22. The van der Waals surface area contributed by atoms with E-state index in [4.69, 9.17) is 23.1 Å². The zero-order chi connectivity index (χ0) is 37.5. The van der Waals surface area contributed by atoms with Crippen LogP contribution in [0.1, 0.15) is 29.5 Å². The van der Waals surface area contributed by atoms with E-state index in [-0.39, 0.29) is 26.1 Å². The summed E-state index contributed by atoms with van der Waals surface area (Å²) in [5.41, 5.74) is 16.2. The Bertz CT molecular complexity index is 2110. The van der Waals surface area contributed by atoms with Gasteiger partial charge in [-0.05, 0) is 71.5 Å². The molecule has 276 valence electrons. The first kappa shape index (κ1) is 37.9. The largest absolute Gasteiger partial charge is 0.361 e. The number of amides is 3. The van der Waals surface area contributed by atoms with E-state index in [2.05, 4.69) is 30.9 Å². The lowest BCUT2D eigenvalue weighted by Gasteiger charge is -2.31. The second-order valence-electron chi connectivity index (χ2n) is 12.7. The Morgan fingerprint density at radius 2 is 1.81 bits per heavy atom. The molecule has 0 saturated heterocycles. The molecule has 3 amide bonds. The number of pyridine rings is 2. The molecule has 0 radical (unpaired) electrons. The fourth-order valence-corrected chi connectivity index (χ4v) is 7.80. The van der Waals surface area contributed by atoms with Gasteiger partial charge in [0.15, 0.2) is 0 Å². The Balaban J connectivity index is 1.47. The van der Waals surface area contributed by atoms with E-state index >= 15 is 0 Å². The fraction of sp³-hybridized carbons (Fsp3) is 0.289. The van der Waals surface area contributed by atoms with Crippen molar-refractivity contribution in [2.24, 2.45) is 11.5 Å². The predicted molar refractivity (Wildman–Crippen MR) is 203 cm³/mol. The number of hydrogen-bond donors (Lipinski definition) is 6. The Morgan fingerprint density at radius 1 is 0.981 bits per heavy atom. The number of halogens is 2. The Morgan fingerprint density at radius 3 is 2.60 bits per heavy atom. The number of benzene rings is 2. The standard InChI is InChI=1S/C38H41ClFN9O3S/c1-49-32(16-24-20-45-29-8-3-2-7-26(24)29)36(51)47-21-27-25(22-12-15-43-33(40)17-22)10-11-28(39)34(27)53-37-23(6-5-14-44-37)19-46-30(9-4-13-41)35(50)48-31(18-42)38(49)52/h2-3,5-8,10-12,14-15,17,20,30-32,45-46H,4,9,13,16,18-19,21,41-42H2,1H3,(H,47,51)(H,48,50)/t30-,31-,32-/m0/s1. The highest BCUT2D eigenvalue weighted by Gasteiger charge is 2.34. The lowest BCUT2D eigenvalue weighted by atomic mass is 9.99. The molecule has 8 N–H and O–H groups in total. The Kier molecular flexibility index (Phi) is 12.4. The molecule has 5 aromatic rings. The number of hydrogen-bond acceptors (Lipinski definition) is 9. The maximum Gasteiger partial charge on any atom is 0.246 e. The number of nitrogens with zero attached hydrogens (tertiary/aromatic N) is 3. The molecule has 2 aromatic carbocycles. The lowest BCUT2D eigenvalue weighted by Crippen LogP contribution is -2.59. The van der Waals surface area contributed by atoms with Crippen molar-refractivity contribution >= 4 is 52.0 Å². The van der Waals surface area contributed by atoms with Gasteiger partial charge in [-0.1, -0.05) is 53.7 Å². The highest BCUT2D eigenvalue weighted by atomic mass is 35.5. The molecule has 0 unspecified atom stereocenters. The van der Waals surface area contributed by atoms with Crippen LogP contribution in [0.5, 0.6) is 0 Å². The number of carbonyl (C=O) groups is 3. The second kappa shape index (κ2) is 17.3. The highest BCUT2D eigenvalue weighted by molar-refractivity contribution is 7.99. The number of likely N-dealkylation sites (N-methyl/N-ethyl adjacent to an activating group) is 1. The van der Waals surface area contributed by atoms with Gasteiger partial charge in [0.1, 0.15) is 17.1 Å². The zero-order valence-electron chi connectivity index (χ0n) is 29.1. The van der Waals surface area contributed by atoms with Crippen LogP contribution in [0.25, 0.3) is 22.0 Å². The van der Waals surface area contributed by atoms with Crippen molar-refractivity contribution in [2.75, 3.05) is 20.1 Å². The van der Waals surface area contributed by atoms with E-state index in [1.165, 1.54) is 36.0 Å². The summed E-state index contributed by atoms with van der Waals surface area (Å²) in [7, 11) is 1.53. The molecule has 15 heteroatoms. The third-order valence-corrected chi connectivity index (χ3v) is 11.0. The van der Waals surface area contributed by atoms with E-state index in [0.29, 0.717) is 51.0 Å². The molecule has 1 aliphatic rings. The summed E-state index contributed by atoms with van der Waals surface area (Å²) in [5.74, 6) is -2.06. The third-order valence-electron chi connectivity index (χ3n) is 9.35. The molecule has 53 heavy (non-hydrogen) atoms. The number of nitrogens with two attached hydrogens (primary N) is 2. The molecule has 0 spiro atoms. The first-order chi connectivity index (χ1) is 25.7. The van der Waals surface area contributed by atoms with Gasteiger partial charge in [-0.2, -0.15) is 4.39 Å². The van der Waals surface area contributed by atoms with Gasteiger partial charge in [-0.25, -0.2) is 9.97 Å². The van der Waals surface area contributed by atoms with Crippen LogP contribution < -0.4 is 27.4 Å². The minimum absolute atomic E-state index is 0.0218. The molecule has 0 saturated carbocycles. The number of para-hydroxylation sites is 1. The number of nitrogens with one attached hydrogen (secondary N) is 4. The van der Waals surface area contributed by atoms with Crippen LogP contribution in [-0.2, 0) is 33.9 Å². The number of carbonyl (C=O) groups excluding carboxylic acids is 3.